The summed E-state index contributed by atoms with van der Waals surface area (Å²) < 4.78 is 5.03. The molecule has 1 aliphatic rings. The van der Waals surface area contributed by atoms with Crippen molar-refractivity contribution in [1.29, 1.82) is 0 Å². The Hall–Kier alpha value is -1.05. The van der Waals surface area contributed by atoms with Gasteiger partial charge < -0.3 is 4.74 Å². The van der Waals surface area contributed by atoms with Crippen LogP contribution in [0, 0.1) is 0 Å². The summed E-state index contributed by atoms with van der Waals surface area (Å²) in [5, 5.41) is 0. The van der Waals surface area contributed by atoms with E-state index in [-0.39, 0.29) is 5.97 Å². The molecule has 78 valence electrons. The maximum absolute atomic E-state index is 11.2. The molecule has 0 aliphatic carbocycles. The van der Waals surface area contributed by atoms with Crippen LogP contribution in [-0.4, -0.2) is 12.6 Å². The third kappa shape index (κ3) is 4.26. The third-order valence-electron chi connectivity index (χ3n) is 2.44. The number of carbonyl (C=O) groups excluding carboxylic acids is 1. The molecule has 0 aromatic carbocycles. The first-order chi connectivity index (χ1) is 6.68. The molecule has 1 aliphatic heterocycles. The van der Waals surface area contributed by atoms with E-state index >= 15 is 0 Å². The van der Waals surface area contributed by atoms with Gasteiger partial charge in [0.2, 0.25) is 0 Å². The molecule has 1 heterocycles. The number of esters is 1. The fraction of sp³-hybridized carbons (Fsp3) is 0.583. The van der Waals surface area contributed by atoms with Crippen molar-refractivity contribution >= 4 is 5.97 Å². The van der Waals surface area contributed by atoms with Crippen LogP contribution in [0.3, 0.4) is 0 Å². The van der Waals surface area contributed by atoms with Crippen LogP contribution in [0.25, 0.3) is 0 Å². The van der Waals surface area contributed by atoms with Crippen LogP contribution in [-0.2, 0) is 9.53 Å². The van der Waals surface area contributed by atoms with Gasteiger partial charge in [0.1, 0.15) is 6.61 Å². The van der Waals surface area contributed by atoms with Gasteiger partial charge in [0, 0.05) is 0 Å². The summed E-state index contributed by atoms with van der Waals surface area (Å²) >= 11 is 0. The second kappa shape index (κ2) is 5.63. The zero-order chi connectivity index (χ0) is 10.4. The van der Waals surface area contributed by atoms with E-state index in [9.17, 15) is 4.79 Å². The molecule has 0 saturated heterocycles. The maximum Gasteiger partial charge on any atom is 0.309 e. The standard InChI is InChI=1S/C12H18O2/c1-10-4-3-5-11(2)8-9-14-12(13)7-6-10/h6,8H,3-5,7,9H2,1-2H3/b10-6-,11-8-. The van der Waals surface area contributed by atoms with Gasteiger partial charge in [0.05, 0.1) is 6.42 Å². The molecule has 0 amide bonds. The lowest BCUT2D eigenvalue weighted by Gasteiger charge is -2.01. The fourth-order valence-corrected chi connectivity index (χ4v) is 1.44. The molecule has 0 saturated carbocycles. The van der Waals surface area contributed by atoms with Crippen LogP contribution in [0.15, 0.2) is 23.3 Å². The summed E-state index contributed by atoms with van der Waals surface area (Å²) in [4.78, 5) is 11.2. The highest BCUT2D eigenvalue weighted by molar-refractivity contribution is 5.71. The van der Waals surface area contributed by atoms with Gasteiger partial charge in [-0.3, -0.25) is 4.79 Å². The molecule has 1 rings (SSSR count). The van der Waals surface area contributed by atoms with E-state index in [2.05, 4.69) is 13.8 Å². The first kappa shape index (κ1) is 11.0. The number of hydrogen-bond acceptors (Lipinski definition) is 2. The normalized spacial score (nSPS) is 27.7. The number of ether oxygens (including phenoxy) is 1. The molecule has 2 heteroatoms. The Morgan fingerprint density at radius 2 is 1.79 bits per heavy atom. The Morgan fingerprint density at radius 1 is 1.14 bits per heavy atom. The van der Waals surface area contributed by atoms with Gasteiger partial charge in [-0.25, -0.2) is 0 Å². The quantitative estimate of drug-likeness (QED) is 0.437. The van der Waals surface area contributed by atoms with Crippen molar-refractivity contribution in [2.45, 2.75) is 39.5 Å². The van der Waals surface area contributed by atoms with Crippen LogP contribution in [0.2, 0.25) is 0 Å². The van der Waals surface area contributed by atoms with Gasteiger partial charge in [0.25, 0.3) is 0 Å². The molecule has 0 radical (unpaired) electrons. The first-order valence-corrected chi connectivity index (χ1v) is 5.15. The first-order valence-electron chi connectivity index (χ1n) is 5.15. The molecule has 0 aromatic heterocycles. The summed E-state index contributed by atoms with van der Waals surface area (Å²) in [6.07, 6.45) is 7.74. The van der Waals surface area contributed by atoms with Gasteiger partial charge in [0.15, 0.2) is 0 Å². The van der Waals surface area contributed by atoms with E-state index in [1.807, 2.05) is 12.2 Å². The van der Waals surface area contributed by atoms with E-state index < -0.39 is 0 Å². The lowest BCUT2D eigenvalue weighted by atomic mass is 10.1. The highest BCUT2D eigenvalue weighted by Gasteiger charge is 2.02. The van der Waals surface area contributed by atoms with Crippen LogP contribution < -0.4 is 0 Å². The number of hydrogen-bond donors (Lipinski definition) is 0. The molecule has 14 heavy (non-hydrogen) atoms. The zero-order valence-corrected chi connectivity index (χ0v) is 9.01. The Morgan fingerprint density at radius 3 is 2.50 bits per heavy atom. The Kier molecular flexibility index (Phi) is 4.44. The predicted molar refractivity (Wildman–Crippen MR) is 56.9 cm³/mol. The molecule has 0 aromatic rings. The van der Waals surface area contributed by atoms with Crippen molar-refractivity contribution in [3.05, 3.63) is 23.3 Å². The number of cyclic esters (lactones) is 1. The van der Waals surface area contributed by atoms with Crippen LogP contribution in [0.4, 0.5) is 0 Å². The third-order valence-corrected chi connectivity index (χ3v) is 2.44. The minimum atomic E-state index is -0.129. The maximum atomic E-state index is 11.2. The SMILES string of the molecule is C/C1=C/COC(=O)C/C=C(/C)CCC1. The van der Waals surface area contributed by atoms with Crippen LogP contribution >= 0.6 is 0 Å². The zero-order valence-electron chi connectivity index (χ0n) is 9.01. The molecular formula is C12H18O2. The molecular weight excluding hydrogens is 176 g/mol. The van der Waals surface area contributed by atoms with Crippen molar-refractivity contribution in [3.63, 3.8) is 0 Å². The van der Waals surface area contributed by atoms with Crippen molar-refractivity contribution in [1.82, 2.24) is 0 Å². The predicted octanol–water partition coefficient (Wildman–Crippen LogP) is 3.00. The van der Waals surface area contributed by atoms with Crippen molar-refractivity contribution in [3.8, 4) is 0 Å². The molecule has 0 unspecified atom stereocenters. The summed E-state index contributed by atoms with van der Waals surface area (Å²) in [5.41, 5.74) is 2.60. The smallest absolute Gasteiger partial charge is 0.309 e. The van der Waals surface area contributed by atoms with E-state index in [0.29, 0.717) is 13.0 Å². The highest BCUT2D eigenvalue weighted by atomic mass is 16.5. The number of allylic oxidation sites excluding steroid dienone is 2. The summed E-state index contributed by atoms with van der Waals surface area (Å²) in [6, 6.07) is 0. The summed E-state index contributed by atoms with van der Waals surface area (Å²) in [7, 11) is 0. The fourth-order valence-electron chi connectivity index (χ4n) is 1.44. The van der Waals surface area contributed by atoms with Gasteiger partial charge >= 0.3 is 5.97 Å². The summed E-state index contributed by atoms with van der Waals surface area (Å²) in [6.45, 7) is 4.59. The van der Waals surface area contributed by atoms with E-state index in [1.54, 1.807) is 0 Å². The van der Waals surface area contributed by atoms with E-state index in [1.165, 1.54) is 17.6 Å². The van der Waals surface area contributed by atoms with Crippen LogP contribution in [0.1, 0.15) is 39.5 Å². The monoisotopic (exact) mass is 194 g/mol. The lowest BCUT2D eigenvalue weighted by Crippen LogP contribution is -2.02. The van der Waals surface area contributed by atoms with Crippen LogP contribution in [0.5, 0.6) is 0 Å². The second-order valence-electron chi connectivity index (χ2n) is 3.84. The van der Waals surface area contributed by atoms with Gasteiger partial charge in [-0.2, -0.15) is 0 Å². The molecule has 0 atom stereocenters. The minimum absolute atomic E-state index is 0.129. The van der Waals surface area contributed by atoms with Crippen molar-refractivity contribution < 1.29 is 9.53 Å². The second-order valence-corrected chi connectivity index (χ2v) is 3.84. The molecule has 0 N–H and O–H groups in total. The molecule has 0 fully saturated rings. The average Bonchev–Trinajstić information content (AvgIpc) is 2.16. The molecule has 0 spiro atoms. The van der Waals surface area contributed by atoms with E-state index in [4.69, 9.17) is 4.74 Å². The largest absolute Gasteiger partial charge is 0.461 e. The summed E-state index contributed by atoms with van der Waals surface area (Å²) in [5.74, 6) is -0.129. The minimum Gasteiger partial charge on any atom is -0.461 e. The topological polar surface area (TPSA) is 26.3 Å². The van der Waals surface area contributed by atoms with Gasteiger partial charge in [-0.1, -0.05) is 17.2 Å². The number of rotatable bonds is 0. The van der Waals surface area contributed by atoms with Crippen molar-refractivity contribution in [2.24, 2.45) is 0 Å². The van der Waals surface area contributed by atoms with Crippen molar-refractivity contribution in [2.75, 3.05) is 6.61 Å². The van der Waals surface area contributed by atoms with E-state index in [0.717, 1.165) is 12.8 Å². The molecule has 0 bridgehead atoms. The number of carbonyl (C=O) groups is 1. The van der Waals surface area contributed by atoms with Gasteiger partial charge in [-0.05, 0) is 39.2 Å². The Labute approximate surface area is 85.6 Å². The lowest BCUT2D eigenvalue weighted by molar-refractivity contribution is -0.141. The Bertz CT molecular complexity index is 261. The average molecular weight is 194 g/mol. The molecule has 2 nitrogen and oxygen atoms in total. The Balaban J connectivity index is 2.58. The highest BCUT2D eigenvalue weighted by Crippen LogP contribution is 2.13. The van der Waals surface area contributed by atoms with Gasteiger partial charge in [-0.15, -0.1) is 0 Å².